The third kappa shape index (κ3) is 3.31. The largest absolute Gasteiger partial charge is 0.491 e. The van der Waals surface area contributed by atoms with Crippen LogP contribution in [-0.2, 0) is 4.79 Å². The van der Waals surface area contributed by atoms with E-state index in [1.807, 2.05) is 0 Å². The maximum Gasteiger partial charge on any atom is 0.156 e. The standard InChI is InChI=1S/C18H25NO2.ClH/c1-12(2)15-5-4-13(3)10-17(15)21-11-16-18(20)14-6-8-19(16)9-7-14;/h4-5,10,12,14,16H,6-9,11H2,1-3H3;1H. The Bertz CT molecular complexity index is 536. The van der Waals surface area contributed by atoms with Gasteiger partial charge in [0, 0.05) is 5.92 Å². The number of halogens is 1. The fraction of sp³-hybridized carbons (Fsp3) is 0.611. The van der Waals surface area contributed by atoms with E-state index in [1.165, 1.54) is 11.1 Å². The van der Waals surface area contributed by atoms with Crippen LogP contribution in [0.2, 0.25) is 0 Å². The zero-order valence-electron chi connectivity index (χ0n) is 13.7. The maximum atomic E-state index is 12.4. The number of ether oxygens (including phenoxy) is 1. The second-order valence-electron chi connectivity index (χ2n) is 6.74. The van der Waals surface area contributed by atoms with Gasteiger partial charge in [-0.1, -0.05) is 26.0 Å². The van der Waals surface area contributed by atoms with Crippen LogP contribution in [0.4, 0.5) is 0 Å². The number of hydrogen-bond acceptors (Lipinski definition) is 3. The third-order valence-corrected chi connectivity index (χ3v) is 4.89. The van der Waals surface area contributed by atoms with Gasteiger partial charge in [0.05, 0.1) is 0 Å². The normalized spacial score (nSPS) is 26.9. The van der Waals surface area contributed by atoms with E-state index in [1.54, 1.807) is 0 Å². The van der Waals surface area contributed by atoms with Gasteiger partial charge in [0.1, 0.15) is 18.4 Å². The van der Waals surface area contributed by atoms with Gasteiger partial charge in [-0.25, -0.2) is 0 Å². The third-order valence-electron chi connectivity index (χ3n) is 4.89. The zero-order chi connectivity index (χ0) is 15.0. The maximum absolute atomic E-state index is 12.4. The fourth-order valence-electron chi connectivity index (χ4n) is 3.55. The Morgan fingerprint density at radius 3 is 2.55 bits per heavy atom. The number of Topliss-reactive ketones (excluding diaryl/α,β-unsaturated/α-hetero) is 1. The van der Waals surface area contributed by atoms with E-state index < -0.39 is 0 Å². The molecule has 0 spiro atoms. The van der Waals surface area contributed by atoms with Crippen molar-refractivity contribution in [1.29, 1.82) is 0 Å². The number of fused-ring (bicyclic) bond motifs is 3. The van der Waals surface area contributed by atoms with Gasteiger partial charge >= 0.3 is 0 Å². The average Bonchev–Trinajstić information content (AvgIpc) is 2.47. The highest BCUT2D eigenvalue weighted by Crippen LogP contribution is 2.31. The lowest BCUT2D eigenvalue weighted by atomic mass is 9.82. The van der Waals surface area contributed by atoms with Crippen LogP contribution in [0.1, 0.15) is 43.7 Å². The molecular formula is C18H26ClNO2. The van der Waals surface area contributed by atoms with Crippen molar-refractivity contribution in [1.82, 2.24) is 4.90 Å². The molecule has 3 aliphatic rings. The van der Waals surface area contributed by atoms with Gasteiger partial charge in [-0.2, -0.15) is 0 Å². The van der Waals surface area contributed by atoms with Crippen molar-refractivity contribution in [2.45, 2.75) is 45.6 Å². The molecule has 3 nitrogen and oxygen atoms in total. The summed E-state index contributed by atoms with van der Waals surface area (Å²) in [6.07, 6.45) is 2.08. The lowest BCUT2D eigenvalue weighted by molar-refractivity contribution is -0.138. The molecule has 1 atom stereocenters. The molecule has 1 unspecified atom stereocenters. The minimum atomic E-state index is -0.0296. The summed E-state index contributed by atoms with van der Waals surface area (Å²) >= 11 is 0. The molecule has 2 bridgehead atoms. The van der Waals surface area contributed by atoms with E-state index in [9.17, 15) is 4.79 Å². The predicted molar refractivity (Wildman–Crippen MR) is 91.1 cm³/mol. The Kier molecular flexibility index (Phi) is 5.51. The lowest BCUT2D eigenvalue weighted by Crippen LogP contribution is -2.57. The molecule has 0 saturated carbocycles. The molecule has 3 saturated heterocycles. The first kappa shape index (κ1) is 17.3. The highest BCUT2D eigenvalue weighted by molar-refractivity contribution is 5.88. The summed E-state index contributed by atoms with van der Waals surface area (Å²) in [5, 5.41) is 0. The second-order valence-corrected chi connectivity index (χ2v) is 6.74. The summed E-state index contributed by atoms with van der Waals surface area (Å²) < 4.78 is 6.08. The van der Waals surface area contributed by atoms with Crippen LogP contribution in [0.15, 0.2) is 18.2 Å². The Balaban J connectivity index is 0.00000176. The van der Waals surface area contributed by atoms with Gasteiger partial charge in [-0.05, 0) is 56.0 Å². The van der Waals surface area contributed by atoms with E-state index in [0.717, 1.165) is 31.7 Å². The van der Waals surface area contributed by atoms with Crippen LogP contribution in [0, 0.1) is 12.8 Å². The van der Waals surface area contributed by atoms with Gasteiger partial charge < -0.3 is 4.74 Å². The number of nitrogens with zero attached hydrogens (tertiary/aromatic N) is 1. The van der Waals surface area contributed by atoms with Crippen LogP contribution in [-0.4, -0.2) is 36.4 Å². The smallest absolute Gasteiger partial charge is 0.156 e. The molecule has 0 aromatic heterocycles. The topological polar surface area (TPSA) is 29.5 Å². The number of benzene rings is 1. The second kappa shape index (κ2) is 7.01. The van der Waals surface area contributed by atoms with E-state index in [2.05, 4.69) is 43.9 Å². The molecule has 3 heterocycles. The first-order valence-electron chi connectivity index (χ1n) is 8.07. The van der Waals surface area contributed by atoms with Crippen molar-refractivity contribution in [2.75, 3.05) is 19.7 Å². The minimum absolute atomic E-state index is 0. The van der Waals surface area contributed by atoms with E-state index in [0.29, 0.717) is 18.3 Å². The highest BCUT2D eigenvalue weighted by Gasteiger charge is 2.41. The summed E-state index contributed by atoms with van der Waals surface area (Å²) in [4.78, 5) is 14.7. The molecule has 4 heteroatoms. The molecule has 0 radical (unpaired) electrons. The van der Waals surface area contributed by atoms with Crippen LogP contribution >= 0.6 is 12.4 Å². The Labute approximate surface area is 139 Å². The lowest BCUT2D eigenvalue weighted by Gasteiger charge is -2.43. The van der Waals surface area contributed by atoms with Crippen molar-refractivity contribution in [3.05, 3.63) is 29.3 Å². The number of rotatable bonds is 4. The summed E-state index contributed by atoms with van der Waals surface area (Å²) in [6, 6.07) is 6.33. The quantitative estimate of drug-likeness (QED) is 0.848. The molecule has 122 valence electrons. The molecule has 3 aliphatic heterocycles. The van der Waals surface area contributed by atoms with Crippen molar-refractivity contribution < 1.29 is 9.53 Å². The predicted octanol–water partition coefficient (Wildman–Crippen LogP) is 3.58. The van der Waals surface area contributed by atoms with Gasteiger partial charge in [0.2, 0.25) is 0 Å². The monoisotopic (exact) mass is 323 g/mol. The average molecular weight is 324 g/mol. The molecule has 4 rings (SSSR count). The molecule has 1 aromatic rings. The van der Waals surface area contributed by atoms with Crippen molar-refractivity contribution in [3.8, 4) is 5.75 Å². The summed E-state index contributed by atoms with van der Waals surface area (Å²) in [7, 11) is 0. The zero-order valence-corrected chi connectivity index (χ0v) is 14.5. The Morgan fingerprint density at radius 1 is 1.27 bits per heavy atom. The minimum Gasteiger partial charge on any atom is -0.491 e. The SMILES string of the molecule is Cc1ccc(C(C)C)c(OCC2C(=O)C3CCN2CC3)c1.Cl. The number of carbonyl (C=O) groups is 1. The van der Waals surface area contributed by atoms with Crippen molar-refractivity contribution in [3.63, 3.8) is 0 Å². The van der Waals surface area contributed by atoms with Crippen molar-refractivity contribution in [2.24, 2.45) is 5.92 Å². The molecule has 0 amide bonds. The van der Waals surface area contributed by atoms with Crippen molar-refractivity contribution >= 4 is 18.2 Å². The van der Waals surface area contributed by atoms with E-state index in [4.69, 9.17) is 4.74 Å². The molecule has 1 aromatic carbocycles. The van der Waals surface area contributed by atoms with E-state index >= 15 is 0 Å². The van der Waals surface area contributed by atoms with Gasteiger partial charge in [0.25, 0.3) is 0 Å². The Morgan fingerprint density at radius 2 is 1.95 bits per heavy atom. The highest BCUT2D eigenvalue weighted by atomic mass is 35.5. The van der Waals surface area contributed by atoms with Gasteiger partial charge in [0.15, 0.2) is 5.78 Å². The first-order chi connectivity index (χ1) is 10.1. The number of carbonyl (C=O) groups excluding carboxylic acids is 1. The van der Waals surface area contributed by atoms with Gasteiger partial charge in [-0.15, -0.1) is 12.4 Å². The van der Waals surface area contributed by atoms with Crippen LogP contribution < -0.4 is 4.74 Å². The molecule has 0 aliphatic carbocycles. The number of aryl methyl sites for hydroxylation is 1. The van der Waals surface area contributed by atoms with Crippen LogP contribution in [0.25, 0.3) is 0 Å². The molecule has 0 N–H and O–H groups in total. The first-order valence-corrected chi connectivity index (χ1v) is 8.07. The van der Waals surface area contributed by atoms with E-state index in [-0.39, 0.29) is 24.4 Å². The summed E-state index contributed by atoms with van der Waals surface area (Å²) in [5.41, 5.74) is 2.43. The van der Waals surface area contributed by atoms with Crippen LogP contribution in [0.5, 0.6) is 5.75 Å². The number of ketones is 1. The molecular weight excluding hydrogens is 298 g/mol. The molecule has 22 heavy (non-hydrogen) atoms. The summed E-state index contributed by atoms with van der Waals surface area (Å²) in [5.74, 6) is 2.05. The van der Waals surface area contributed by atoms with Crippen LogP contribution in [0.3, 0.4) is 0 Å². The number of piperidine rings is 3. The Hall–Kier alpha value is -1.06. The van der Waals surface area contributed by atoms with Gasteiger partial charge in [-0.3, -0.25) is 9.69 Å². The molecule has 3 fully saturated rings. The number of hydrogen-bond donors (Lipinski definition) is 0. The summed E-state index contributed by atoms with van der Waals surface area (Å²) in [6.45, 7) is 9.03. The fourth-order valence-corrected chi connectivity index (χ4v) is 3.55.